The van der Waals surface area contributed by atoms with Crippen LogP contribution >= 0.6 is 11.3 Å². The average Bonchev–Trinajstić information content (AvgIpc) is 2.80. The Hall–Kier alpha value is -1.35. The molecule has 4 nitrogen and oxygen atoms in total. The highest BCUT2D eigenvalue weighted by atomic mass is 32.1. The smallest absolute Gasteiger partial charge is 0.237 e. The Kier molecular flexibility index (Phi) is 4.48. The minimum absolute atomic E-state index is 0.0863. The van der Waals surface area contributed by atoms with Crippen molar-refractivity contribution in [2.45, 2.75) is 39.0 Å². The van der Waals surface area contributed by atoms with Crippen molar-refractivity contribution in [2.24, 2.45) is 0 Å². The number of hydrogen-bond donors (Lipinski definition) is 2. The van der Waals surface area contributed by atoms with Crippen molar-refractivity contribution >= 4 is 17.2 Å². The molecule has 5 heteroatoms. The molecule has 0 saturated carbocycles. The first-order valence-corrected chi connectivity index (χ1v) is 7.53. The lowest BCUT2D eigenvalue weighted by atomic mass is 10.1. The van der Waals surface area contributed by atoms with E-state index in [-0.39, 0.29) is 11.9 Å². The number of thiophene rings is 1. The molecule has 0 aliphatic carbocycles. The van der Waals surface area contributed by atoms with Crippen molar-refractivity contribution in [1.29, 1.82) is 0 Å². The van der Waals surface area contributed by atoms with E-state index >= 15 is 0 Å². The van der Waals surface area contributed by atoms with Crippen LogP contribution in [-0.2, 0) is 11.3 Å². The molecular formula is C15H20N2O2S. The molecule has 20 heavy (non-hydrogen) atoms. The van der Waals surface area contributed by atoms with E-state index in [1.54, 1.807) is 25.2 Å². The lowest BCUT2D eigenvalue weighted by Gasteiger charge is -2.32. The number of rotatable bonds is 2. The second-order valence-electron chi connectivity index (χ2n) is 5.51. The summed E-state index contributed by atoms with van der Waals surface area (Å²) in [5, 5.41) is 12.5. The van der Waals surface area contributed by atoms with Crippen molar-refractivity contribution in [2.75, 3.05) is 13.1 Å². The number of nitrogens with zero attached hydrogens (tertiary/aromatic N) is 1. The van der Waals surface area contributed by atoms with Gasteiger partial charge in [0.2, 0.25) is 5.91 Å². The molecule has 1 atom stereocenters. The second-order valence-corrected chi connectivity index (χ2v) is 6.68. The van der Waals surface area contributed by atoms with Crippen LogP contribution in [0.3, 0.4) is 0 Å². The number of aliphatic hydroxyl groups is 1. The van der Waals surface area contributed by atoms with Gasteiger partial charge >= 0.3 is 0 Å². The minimum atomic E-state index is -0.969. The molecule has 2 N–H and O–H groups in total. The summed E-state index contributed by atoms with van der Waals surface area (Å²) in [5.74, 6) is 5.88. The standard InChI is InChI=1S/C15H20N2O2S/c1-11-14(18)16-8-9-17(11)10-13-5-4-12(20-13)6-7-15(2,3)19/h4-5,11,19H,8-10H2,1-3H3,(H,16,18). The van der Waals surface area contributed by atoms with Crippen LogP contribution in [0.25, 0.3) is 0 Å². The summed E-state index contributed by atoms with van der Waals surface area (Å²) in [6.07, 6.45) is 0. The van der Waals surface area contributed by atoms with Crippen molar-refractivity contribution in [3.05, 3.63) is 21.9 Å². The Bertz CT molecular complexity index is 548. The SMILES string of the molecule is CC1C(=O)NCCN1Cc1ccc(C#CC(C)(C)O)s1. The molecule has 2 heterocycles. The number of amides is 1. The van der Waals surface area contributed by atoms with Crippen LogP contribution in [0, 0.1) is 11.8 Å². The van der Waals surface area contributed by atoms with E-state index in [0.717, 1.165) is 18.0 Å². The van der Waals surface area contributed by atoms with Crippen LogP contribution in [-0.4, -0.2) is 40.6 Å². The number of carbonyl (C=O) groups is 1. The highest BCUT2D eigenvalue weighted by molar-refractivity contribution is 7.12. The normalized spacial score (nSPS) is 20.2. The zero-order chi connectivity index (χ0) is 14.8. The topological polar surface area (TPSA) is 52.6 Å². The molecule has 1 aliphatic heterocycles. The minimum Gasteiger partial charge on any atom is -0.378 e. The van der Waals surface area contributed by atoms with Gasteiger partial charge in [0.05, 0.1) is 10.9 Å². The Balaban J connectivity index is 2.02. The van der Waals surface area contributed by atoms with E-state index in [2.05, 4.69) is 22.1 Å². The van der Waals surface area contributed by atoms with E-state index in [1.165, 1.54) is 4.88 Å². The van der Waals surface area contributed by atoms with E-state index < -0.39 is 5.60 Å². The molecule has 1 aromatic heterocycles. The summed E-state index contributed by atoms with van der Waals surface area (Å²) in [5.41, 5.74) is -0.969. The van der Waals surface area contributed by atoms with Crippen LogP contribution in [0.5, 0.6) is 0 Å². The molecule has 1 amide bonds. The van der Waals surface area contributed by atoms with Crippen LogP contribution in [0.1, 0.15) is 30.5 Å². The van der Waals surface area contributed by atoms with Crippen LogP contribution in [0.4, 0.5) is 0 Å². The predicted octanol–water partition coefficient (Wildman–Crippen LogP) is 1.19. The van der Waals surface area contributed by atoms with Gasteiger partial charge in [-0.2, -0.15) is 0 Å². The number of carbonyl (C=O) groups excluding carboxylic acids is 1. The quantitative estimate of drug-likeness (QED) is 0.805. The van der Waals surface area contributed by atoms with E-state index in [4.69, 9.17) is 0 Å². The van der Waals surface area contributed by atoms with Gasteiger partial charge < -0.3 is 10.4 Å². The van der Waals surface area contributed by atoms with Gasteiger partial charge in [0, 0.05) is 24.5 Å². The molecule has 108 valence electrons. The molecule has 1 fully saturated rings. The van der Waals surface area contributed by atoms with Gasteiger partial charge in [-0.25, -0.2) is 0 Å². The van der Waals surface area contributed by atoms with Crippen LogP contribution in [0.15, 0.2) is 12.1 Å². The molecule has 0 radical (unpaired) electrons. The zero-order valence-electron chi connectivity index (χ0n) is 12.1. The highest BCUT2D eigenvalue weighted by Gasteiger charge is 2.25. The fourth-order valence-corrected chi connectivity index (χ4v) is 2.88. The number of piperazine rings is 1. The largest absolute Gasteiger partial charge is 0.378 e. The van der Waals surface area contributed by atoms with Crippen LogP contribution < -0.4 is 5.32 Å². The lowest BCUT2D eigenvalue weighted by Crippen LogP contribution is -2.53. The van der Waals surface area contributed by atoms with Crippen molar-refractivity contribution in [3.63, 3.8) is 0 Å². The first-order chi connectivity index (χ1) is 9.35. The average molecular weight is 292 g/mol. The van der Waals surface area contributed by atoms with Gasteiger partial charge in [-0.3, -0.25) is 9.69 Å². The summed E-state index contributed by atoms with van der Waals surface area (Å²) in [4.78, 5) is 15.9. The van der Waals surface area contributed by atoms with Gasteiger partial charge in [0.15, 0.2) is 0 Å². The molecule has 2 rings (SSSR count). The molecule has 0 bridgehead atoms. The first kappa shape index (κ1) is 15.0. The van der Waals surface area contributed by atoms with E-state index in [9.17, 15) is 9.90 Å². The molecule has 0 spiro atoms. The number of hydrogen-bond acceptors (Lipinski definition) is 4. The second kappa shape index (κ2) is 5.96. The lowest BCUT2D eigenvalue weighted by molar-refractivity contribution is -0.128. The maximum Gasteiger partial charge on any atom is 0.237 e. The third kappa shape index (κ3) is 4.07. The summed E-state index contributed by atoms with van der Waals surface area (Å²) >= 11 is 1.61. The summed E-state index contributed by atoms with van der Waals surface area (Å²) in [6, 6.07) is 3.92. The van der Waals surface area contributed by atoms with Gasteiger partial charge in [-0.15, -0.1) is 11.3 Å². The maximum atomic E-state index is 11.6. The van der Waals surface area contributed by atoms with Gasteiger partial charge in [0.1, 0.15) is 5.60 Å². The third-order valence-electron chi connectivity index (χ3n) is 3.14. The van der Waals surface area contributed by atoms with E-state index in [1.807, 2.05) is 19.1 Å². The maximum absolute atomic E-state index is 11.6. The van der Waals surface area contributed by atoms with Gasteiger partial charge in [-0.05, 0) is 32.9 Å². The monoisotopic (exact) mass is 292 g/mol. The number of nitrogens with one attached hydrogen (secondary N) is 1. The van der Waals surface area contributed by atoms with Crippen LogP contribution in [0.2, 0.25) is 0 Å². The predicted molar refractivity (Wildman–Crippen MR) is 80.4 cm³/mol. The van der Waals surface area contributed by atoms with Crippen molar-refractivity contribution in [1.82, 2.24) is 10.2 Å². The Morgan fingerprint density at radius 3 is 3.00 bits per heavy atom. The molecular weight excluding hydrogens is 272 g/mol. The highest BCUT2D eigenvalue weighted by Crippen LogP contribution is 2.19. The Morgan fingerprint density at radius 1 is 1.55 bits per heavy atom. The fourth-order valence-electron chi connectivity index (χ4n) is 1.99. The van der Waals surface area contributed by atoms with Gasteiger partial charge in [-0.1, -0.05) is 11.8 Å². The summed E-state index contributed by atoms with van der Waals surface area (Å²) in [7, 11) is 0. The molecule has 1 unspecified atom stereocenters. The molecule has 1 aromatic rings. The first-order valence-electron chi connectivity index (χ1n) is 6.71. The molecule has 1 saturated heterocycles. The Labute approximate surface area is 123 Å². The van der Waals surface area contributed by atoms with E-state index in [0.29, 0.717) is 6.54 Å². The fraction of sp³-hybridized carbons (Fsp3) is 0.533. The summed E-state index contributed by atoms with van der Waals surface area (Å²) < 4.78 is 0. The Morgan fingerprint density at radius 2 is 2.30 bits per heavy atom. The zero-order valence-corrected chi connectivity index (χ0v) is 12.9. The van der Waals surface area contributed by atoms with Crippen molar-refractivity contribution < 1.29 is 9.90 Å². The van der Waals surface area contributed by atoms with Gasteiger partial charge in [0.25, 0.3) is 0 Å². The molecule has 1 aliphatic rings. The third-order valence-corrected chi connectivity index (χ3v) is 4.12. The van der Waals surface area contributed by atoms with Crippen molar-refractivity contribution in [3.8, 4) is 11.8 Å². The summed E-state index contributed by atoms with van der Waals surface area (Å²) in [6.45, 7) is 7.61. The molecule has 0 aromatic carbocycles.